The van der Waals surface area contributed by atoms with Crippen LogP contribution in [0.25, 0.3) is 0 Å². The van der Waals surface area contributed by atoms with Gasteiger partial charge in [-0.25, -0.2) is 0 Å². The third kappa shape index (κ3) is 3.10. The van der Waals surface area contributed by atoms with Gasteiger partial charge in [0, 0.05) is 0 Å². The lowest BCUT2D eigenvalue weighted by Crippen LogP contribution is -2.17. The van der Waals surface area contributed by atoms with Crippen LogP contribution in [-0.2, 0) is 5.41 Å². The Bertz CT molecular complexity index is 358. The van der Waals surface area contributed by atoms with Crippen molar-refractivity contribution in [1.29, 1.82) is 0 Å². The van der Waals surface area contributed by atoms with E-state index in [4.69, 9.17) is 5.73 Å². The molecule has 0 saturated heterocycles. The zero-order chi connectivity index (χ0) is 13.2. The van der Waals surface area contributed by atoms with Crippen LogP contribution in [0, 0.1) is 13.8 Å². The molecule has 1 rings (SSSR count). The Morgan fingerprint density at radius 3 is 1.88 bits per heavy atom. The maximum atomic E-state index is 5.88. The van der Waals surface area contributed by atoms with E-state index in [1.807, 2.05) is 0 Å². The molecule has 0 radical (unpaired) electrons. The number of hydrogen-bond acceptors (Lipinski definition) is 1. The number of aryl methyl sites for hydroxylation is 2. The molecule has 96 valence electrons. The molecule has 0 aliphatic rings. The van der Waals surface area contributed by atoms with E-state index in [0.29, 0.717) is 5.92 Å². The first-order chi connectivity index (χ1) is 7.81. The minimum Gasteiger partial charge on any atom is -0.330 e. The molecule has 0 bridgehead atoms. The molecule has 0 aromatic heterocycles. The molecular weight excluding hydrogens is 206 g/mol. The lowest BCUT2D eigenvalue weighted by Gasteiger charge is -2.25. The molecule has 0 aliphatic heterocycles. The Hall–Kier alpha value is -0.820. The summed E-state index contributed by atoms with van der Waals surface area (Å²) in [5, 5.41) is 0. The van der Waals surface area contributed by atoms with E-state index in [1.54, 1.807) is 0 Å². The van der Waals surface area contributed by atoms with E-state index >= 15 is 0 Å². The standard InChI is InChI=1S/C16H27N/c1-7-13(10-17)15-11(2)8-14(9-12(15)3)16(4,5)6/h8-9,13H,7,10,17H2,1-6H3. The first-order valence-electron chi connectivity index (χ1n) is 6.63. The van der Waals surface area contributed by atoms with Crippen molar-refractivity contribution in [3.63, 3.8) is 0 Å². The third-order valence-electron chi connectivity index (χ3n) is 3.65. The van der Waals surface area contributed by atoms with E-state index in [2.05, 4.69) is 53.7 Å². The molecule has 1 unspecified atom stereocenters. The van der Waals surface area contributed by atoms with Crippen molar-refractivity contribution in [3.8, 4) is 0 Å². The van der Waals surface area contributed by atoms with Crippen LogP contribution in [-0.4, -0.2) is 6.54 Å². The summed E-state index contributed by atoms with van der Waals surface area (Å²) in [6.07, 6.45) is 1.12. The van der Waals surface area contributed by atoms with Gasteiger partial charge in [0.1, 0.15) is 0 Å². The van der Waals surface area contributed by atoms with Crippen molar-refractivity contribution in [2.75, 3.05) is 6.54 Å². The molecule has 0 fully saturated rings. The summed E-state index contributed by atoms with van der Waals surface area (Å²) in [7, 11) is 0. The molecular formula is C16H27N. The van der Waals surface area contributed by atoms with E-state index in [0.717, 1.165) is 13.0 Å². The number of nitrogens with two attached hydrogens (primary N) is 1. The predicted octanol–water partition coefficient (Wildman–Crippen LogP) is 4.05. The monoisotopic (exact) mass is 233 g/mol. The highest BCUT2D eigenvalue weighted by Gasteiger charge is 2.19. The molecule has 0 aliphatic carbocycles. The van der Waals surface area contributed by atoms with E-state index in [1.165, 1.54) is 22.3 Å². The molecule has 1 nitrogen and oxygen atoms in total. The van der Waals surface area contributed by atoms with Crippen molar-refractivity contribution in [3.05, 3.63) is 34.4 Å². The van der Waals surface area contributed by atoms with Gasteiger partial charge in [-0.1, -0.05) is 39.8 Å². The summed E-state index contributed by atoms with van der Waals surface area (Å²) in [5.74, 6) is 0.504. The highest BCUT2D eigenvalue weighted by Crippen LogP contribution is 2.31. The molecule has 0 saturated carbocycles. The summed E-state index contributed by atoms with van der Waals surface area (Å²) in [6, 6.07) is 4.67. The van der Waals surface area contributed by atoms with Gasteiger partial charge < -0.3 is 5.73 Å². The zero-order valence-electron chi connectivity index (χ0n) is 12.2. The SMILES string of the molecule is CCC(CN)c1c(C)cc(C(C)(C)C)cc1C. The molecule has 0 amide bonds. The van der Waals surface area contributed by atoms with Crippen molar-refractivity contribution in [1.82, 2.24) is 0 Å². The van der Waals surface area contributed by atoms with Crippen LogP contribution in [0.3, 0.4) is 0 Å². The second kappa shape index (κ2) is 5.22. The van der Waals surface area contributed by atoms with Crippen LogP contribution < -0.4 is 5.73 Å². The Kier molecular flexibility index (Phi) is 4.37. The molecule has 1 aromatic rings. The molecule has 1 atom stereocenters. The number of rotatable bonds is 3. The van der Waals surface area contributed by atoms with Crippen LogP contribution in [0.4, 0.5) is 0 Å². The van der Waals surface area contributed by atoms with Gasteiger partial charge in [0.25, 0.3) is 0 Å². The van der Waals surface area contributed by atoms with Gasteiger partial charge in [-0.3, -0.25) is 0 Å². The number of benzene rings is 1. The van der Waals surface area contributed by atoms with Gasteiger partial charge >= 0.3 is 0 Å². The first kappa shape index (κ1) is 14.2. The zero-order valence-corrected chi connectivity index (χ0v) is 12.2. The Morgan fingerprint density at radius 1 is 1.12 bits per heavy atom. The van der Waals surface area contributed by atoms with Crippen molar-refractivity contribution >= 4 is 0 Å². The van der Waals surface area contributed by atoms with Crippen molar-refractivity contribution in [2.45, 2.75) is 59.3 Å². The number of hydrogen-bond donors (Lipinski definition) is 1. The van der Waals surface area contributed by atoms with Gasteiger partial charge in [0.2, 0.25) is 0 Å². The predicted molar refractivity (Wildman–Crippen MR) is 76.7 cm³/mol. The summed E-state index contributed by atoms with van der Waals surface area (Å²) in [4.78, 5) is 0. The van der Waals surface area contributed by atoms with Gasteiger partial charge in [-0.05, 0) is 60.4 Å². The van der Waals surface area contributed by atoms with Crippen LogP contribution in [0.1, 0.15) is 62.3 Å². The maximum Gasteiger partial charge on any atom is -0.000814 e. The van der Waals surface area contributed by atoms with Gasteiger partial charge in [0.15, 0.2) is 0 Å². The van der Waals surface area contributed by atoms with Gasteiger partial charge in [-0.2, -0.15) is 0 Å². The lowest BCUT2D eigenvalue weighted by atomic mass is 9.81. The fourth-order valence-electron chi connectivity index (χ4n) is 2.54. The van der Waals surface area contributed by atoms with E-state index in [-0.39, 0.29) is 5.41 Å². The summed E-state index contributed by atoms with van der Waals surface area (Å²) in [5.41, 5.74) is 11.8. The fourth-order valence-corrected chi connectivity index (χ4v) is 2.54. The van der Waals surface area contributed by atoms with Gasteiger partial charge in [-0.15, -0.1) is 0 Å². The minimum atomic E-state index is 0.221. The highest BCUT2D eigenvalue weighted by atomic mass is 14.5. The average molecular weight is 233 g/mol. The molecule has 0 heterocycles. The Morgan fingerprint density at radius 2 is 1.59 bits per heavy atom. The fraction of sp³-hybridized carbons (Fsp3) is 0.625. The minimum absolute atomic E-state index is 0.221. The first-order valence-corrected chi connectivity index (χ1v) is 6.63. The van der Waals surface area contributed by atoms with E-state index < -0.39 is 0 Å². The largest absolute Gasteiger partial charge is 0.330 e. The van der Waals surface area contributed by atoms with Crippen LogP contribution in [0.15, 0.2) is 12.1 Å². The topological polar surface area (TPSA) is 26.0 Å². The van der Waals surface area contributed by atoms with E-state index in [9.17, 15) is 0 Å². The average Bonchev–Trinajstić information content (AvgIpc) is 2.21. The molecule has 1 heteroatoms. The Labute approximate surface area is 106 Å². The smallest absolute Gasteiger partial charge is 0.000814 e. The lowest BCUT2D eigenvalue weighted by molar-refractivity contribution is 0.586. The Balaban J connectivity index is 3.28. The molecule has 1 aromatic carbocycles. The highest BCUT2D eigenvalue weighted by molar-refractivity contribution is 5.42. The molecule has 17 heavy (non-hydrogen) atoms. The molecule has 2 N–H and O–H groups in total. The molecule has 0 spiro atoms. The van der Waals surface area contributed by atoms with Gasteiger partial charge in [0.05, 0.1) is 0 Å². The van der Waals surface area contributed by atoms with Crippen molar-refractivity contribution in [2.24, 2.45) is 5.73 Å². The van der Waals surface area contributed by atoms with Crippen LogP contribution in [0.2, 0.25) is 0 Å². The third-order valence-corrected chi connectivity index (χ3v) is 3.65. The second-order valence-electron chi connectivity index (χ2n) is 6.11. The quantitative estimate of drug-likeness (QED) is 0.837. The second-order valence-corrected chi connectivity index (χ2v) is 6.11. The summed E-state index contributed by atoms with van der Waals surface area (Å²) < 4.78 is 0. The normalized spacial score (nSPS) is 13.8. The summed E-state index contributed by atoms with van der Waals surface area (Å²) in [6.45, 7) is 14.2. The maximum absolute atomic E-state index is 5.88. The van der Waals surface area contributed by atoms with Crippen LogP contribution >= 0.6 is 0 Å². The van der Waals surface area contributed by atoms with Crippen LogP contribution in [0.5, 0.6) is 0 Å². The summed E-state index contributed by atoms with van der Waals surface area (Å²) >= 11 is 0. The van der Waals surface area contributed by atoms with Crippen molar-refractivity contribution < 1.29 is 0 Å².